The lowest BCUT2D eigenvalue weighted by molar-refractivity contribution is -0.709. The van der Waals surface area contributed by atoms with Crippen LogP contribution in [0.4, 0.5) is 0 Å². The molecule has 1 aliphatic rings. The molecule has 1 atom stereocenters. The first kappa shape index (κ1) is 8.06. The molecule has 0 aromatic heterocycles. The lowest BCUT2D eigenvalue weighted by Gasteiger charge is -2.31. The van der Waals surface area contributed by atoms with Crippen molar-refractivity contribution in [2.45, 2.75) is 46.1 Å². The summed E-state index contributed by atoms with van der Waals surface area (Å²) in [5.74, 6) is 0. The van der Waals surface area contributed by atoms with Crippen molar-refractivity contribution in [3.05, 3.63) is 0 Å². The van der Waals surface area contributed by atoms with Crippen LogP contribution >= 0.6 is 0 Å². The van der Waals surface area contributed by atoms with Gasteiger partial charge < -0.3 is 5.32 Å². The van der Waals surface area contributed by atoms with Gasteiger partial charge in [0.15, 0.2) is 0 Å². The molecular formula is C9H20N+. The van der Waals surface area contributed by atoms with Crippen LogP contribution < -0.4 is 5.32 Å². The van der Waals surface area contributed by atoms with Gasteiger partial charge in [-0.3, -0.25) is 0 Å². The van der Waals surface area contributed by atoms with Crippen molar-refractivity contribution in [3.63, 3.8) is 0 Å². The Morgan fingerprint density at radius 2 is 1.90 bits per heavy atom. The Morgan fingerprint density at radius 1 is 1.20 bits per heavy atom. The van der Waals surface area contributed by atoms with E-state index in [0.717, 1.165) is 6.04 Å². The Balaban J connectivity index is 2.39. The largest absolute Gasteiger partial charge is 0.343 e. The highest BCUT2D eigenvalue weighted by molar-refractivity contribution is 4.73. The average molecular weight is 142 g/mol. The third-order valence-corrected chi connectivity index (χ3v) is 2.53. The summed E-state index contributed by atoms with van der Waals surface area (Å²) in [5, 5.41) is 2.52. The summed E-state index contributed by atoms with van der Waals surface area (Å²) in [6.07, 6.45) is 4.29. The van der Waals surface area contributed by atoms with Crippen molar-refractivity contribution in [1.82, 2.24) is 0 Å². The minimum absolute atomic E-state index is 0.514. The van der Waals surface area contributed by atoms with Gasteiger partial charge in [0, 0.05) is 11.8 Å². The first-order valence-electron chi connectivity index (χ1n) is 4.44. The van der Waals surface area contributed by atoms with Crippen molar-refractivity contribution < 1.29 is 5.32 Å². The molecule has 0 aromatic carbocycles. The number of piperidine rings is 1. The minimum Gasteiger partial charge on any atom is -0.343 e. The predicted molar refractivity (Wildman–Crippen MR) is 43.9 cm³/mol. The number of hydrogen-bond donors (Lipinski definition) is 1. The SMILES string of the molecule is CC(C)(C)[C@H]1CCCC[NH2+]1. The van der Waals surface area contributed by atoms with Crippen LogP contribution in [0, 0.1) is 5.41 Å². The lowest BCUT2D eigenvalue weighted by Crippen LogP contribution is -2.93. The number of rotatable bonds is 0. The summed E-state index contributed by atoms with van der Waals surface area (Å²) in [6.45, 7) is 8.39. The molecule has 1 heterocycles. The second-order valence-electron chi connectivity index (χ2n) is 4.49. The molecule has 2 N–H and O–H groups in total. The van der Waals surface area contributed by atoms with Crippen LogP contribution in [0.1, 0.15) is 40.0 Å². The fourth-order valence-electron chi connectivity index (χ4n) is 1.73. The van der Waals surface area contributed by atoms with E-state index in [9.17, 15) is 0 Å². The molecule has 1 heteroatoms. The van der Waals surface area contributed by atoms with Crippen molar-refractivity contribution in [1.29, 1.82) is 0 Å². The Hall–Kier alpha value is -0.0400. The summed E-state index contributed by atoms with van der Waals surface area (Å²) in [7, 11) is 0. The van der Waals surface area contributed by atoms with Gasteiger partial charge in [0.25, 0.3) is 0 Å². The molecule has 0 unspecified atom stereocenters. The Morgan fingerprint density at radius 3 is 2.20 bits per heavy atom. The molecule has 0 aromatic rings. The molecule has 0 spiro atoms. The van der Waals surface area contributed by atoms with Crippen LogP contribution in [0.2, 0.25) is 0 Å². The van der Waals surface area contributed by atoms with Crippen LogP contribution in [-0.2, 0) is 0 Å². The summed E-state index contributed by atoms with van der Waals surface area (Å²) in [6, 6.07) is 0.876. The zero-order chi connectivity index (χ0) is 7.61. The van der Waals surface area contributed by atoms with E-state index < -0.39 is 0 Å². The van der Waals surface area contributed by atoms with Gasteiger partial charge in [-0.15, -0.1) is 0 Å². The van der Waals surface area contributed by atoms with Gasteiger partial charge in [0.2, 0.25) is 0 Å². The fraction of sp³-hybridized carbons (Fsp3) is 1.00. The normalized spacial score (nSPS) is 28.5. The summed E-state index contributed by atoms with van der Waals surface area (Å²) < 4.78 is 0. The van der Waals surface area contributed by atoms with Gasteiger partial charge in [0.1, 0.15) is 0 Å². The standard InChI is InChI=1S/C9H19N/c1-9(2,3)8-6-4-5-7-10-8/h8,10H,4-7H2,1-3H3/p+1/t8-/m1/s1. The Bertz CT molecular complexity index is 95.8. The number of hydrogen-bond acceptors (Lipinski definition) is 0. The summed E-state index contributed by atoms with van der Waals surface area (Å²) >= 11 is 0. The van der Waals surface area contributed by atoms with Crippen LogP contribution in [0.5, 0.6) is 0 Å². The predicted octanol–water partition coefficient (Wildman–Crippen LogP) is 1.15. The second-order valence-corrected chi connectivity index (χ2v) is 4.49. The molecule has 0 saturated carbocycles. The van der Waals surface area contributed by atoms with E-state index in [4.69, 9.17) is 0 Å². The molecule has 0 bridgehead atoms. The zero-order valence-corrected chi connectivity index (χ0v) is 7.48. The molecule has 1 rings (SSSR count). The third kappa shape index (κ3) is 1.98. The maximum Gasteiger partial charge on any atom is 0.0907 e. The minimum atomic E-state index is 0.514. The lowest BCUT2D eigenvalue weighted by atomic mass is 9.82. The fourth-order valence-corrected chi connectivity index (χ4v) is 1.73. The van der Waals surface area contributed by atoms with Crippen molar-refractivity contribution in [2.75, 3.05) is 6.54 Å². The Kier molecular flexibility index (Phi) is 2.35. The summed E-state index contributed by atoms with van der Waals surface area (Å²) in [4.78, 5) is 0. The van der Waals surface area contributed by atoms with E-state index >= 15 is 0 Å². The first-order valence-corrected chi connectivity index (χ1v) is 4.44. The molecule has 10 heavy (non-hydrogen) atoms. The van der Waals surface area contributed by atoms with Crippen LogP contribution in [0.15, 0.2) is 0 Å². The molecule has 0 amide bonds. The van der Waals surface area contributed by atoms with E-state index in [0.29, 0.717) is 5.41 Å². The van der Waals surface area contributed by atoms with E-state index in [1.165, 1.54) is 25.8 Å². The highest BCUT2D eigenvalue weighted by atomic mass is 14.9. The average Bonchev–Trinajstić information content (AvgIpc) is 1.88. The third-order valence-electron chi connectivity index (χ3n) is 2.53. The second kappa shape index (κ2) is 2.91. The quantitative estimate of drug-likeness (QED) is 0.522. The van der Waals surface area contributed by atoms with Gasteiger partial charge in [-0.1, -0.05) is 20.8 Å². The van der Waals surface area contributed by atoms with Gasteiger partial charge in [-0.2, -0.15) is 0 Å². The highest BCUT2D eigenvalue weighted by Crippen LogP contribution is 2.21. The first-order chi connectivity index (χ1) is 4.61. The van der Waals surface area contributed by atoms with E-state index in [2.05, 4.69) is 26.1 Å². The zero-order valence-electron chi connectivity index (χ0n) is 7.48. The molecule has 1 nitrogen and oxygen atoms in total. The van der Waals surface area contributed by atoms with E-state index in [-0.39, 0.29) is 0 Å². The monoisotopic (exact) mass is 142 g/mol. The highest BCUT2D eigenvalue weighted by Gasteiger charge is 2.28. The van der Waals surface area contributed by atoms with Crippen LogP contribution in [0.3, 0.4) is 0 Å². The molecule has 1 aliphatic heterocycles. The van der Waals surface area contributed by atoms with Crippen molar-refractivity contribution in [3.8, 4) is 0 Å². The molecule has 1 saturated heterocycles. The van der Waals surface area contributed by atoms with E-state index in [1.54, 1.807) is 0 Å². The topological polar surface area (TPSA) is 16.6 Å². The molecule has 0 radical (unpaired) electrons. The smallest absolute Gasteiger partial charge is 0.0907 e. The van der Waals surface area contributed by atoms with Gasteiger partial charge >= 0.3 is 0 Å². The molecule has 0 aliphatic carbocycles. The van der Waals surface area contributed by atoms with Gasteiger partial charge in [-0.05, 0) is 12.8 Å². The van der Waals surface area contributed by atoms with Gasteiger partial charge in [-0.25, -0.2) is 0 Å². The summed E-state index contributed by atoms with van der Waals surface area (Å²) in [5.41, 5.74) is 0.514. The molecule has 1 fully saturated rings. The van der Waals surface area contributed by atoms with Crippen molar-refractivity contribution >= 4 is 0 Å². The van der Waals surface area contributed by atoms with Crippen LogP contribution in [-0.4, -0.2) is 12.6 Å². The number of quaternary nitrogens is 1. The maximum atomic E-state index is 2.52. The van der Waals surface area contributed by atoms with Crippen molar-refractivity contribution in [2.24, 2.45) is 5.41 Å². The van der Waals surface area contributed by atoms with E-state index in [1.807, 2.05) is 0 Å². The molecular weight excluding hydrogens is 122 g/mol. The van der Waals surface area contributed by atoms with Gasteiger partial charge in [0.05, 0.1) is 12.6 Å². The van der Waals surface area contributed by atoms with Crippen LogP contribution in [0.25, 0.3) is 0 Å². The number of nitrogens with two attached hydrogens (primary N) is 1. The Labute approximate surface area is 64.2 Å². The maximum absolute atomic E-state index is 2.52. The molecule has 60 valence electrons.